The first-order valence-electron chi connectivity index (χ1n) is 9.55. The number of rotatable bonds is 14. The number of likely N-dealkylation sites (N-methyl/N-ethyl adjacent to an activating group) is 1. The van der Waals surface area contributed by atoms with Crippen LogP contribution in [-0.2, 0) is 28.5 Å². The summed E-state index contributed by atoms with van der Waals surface area (Å²) in [5.41, 5.74) is 1.56. The van der Waals surface area contributed by atoms with E-state index >= 15 is 0 Å². The summed E-state index contributed by atoms with van der Waals surface area (Å²) >= 11 is 0. The molecule has 0 amide bonds. The van der Waals surface area contributed by atoms with E-state index in [4.69, 9.17) is 18.9 Å². The maximum Gasteiger partial charge on any atom is 0.349 e. The molecule has 1 aromatic carbocycles. The van der Waals surface area contributed by atoms with Crippen LogP contribution in [0, 0.1) is 11.3 Å². The van der Waals surface area contributed by atoms with Gasteiger partial charge in [-0.2, -0.15) is 5.26 Å². The molecule has 0 atom stereocenters. The van der Waals surface area contributed by atoms with Crippen molar-refractivity contribution in [2.24, 2.45) is 0 Å². The highest BCUT2D eigenvalue weighted by Gasteiger charge is 2.11. The van der Waals surface area contributed by atoms with Crippen molar-refractivity contribution in [1.29, 1.82) is 5.26 Å². The van der Waals surface area contributed by atoms with Crippen molar-refractivity contribution in [3.63, 3.8) is 0 Å². The number of nitriles is 1. The van der Waals surface area contributed by atoms with Gasteiger partial charge >= 0.3 is 11.9 Å². The third kappa shape index (κ3) is 9.37. The molecule has 0 aliphatic rings. The van der Waals surface area contributed by atoms with Gasteiger partial charge < -0.3 is 23.8 Å². The van der Waals surface area contributed by atoms with Crippen LogP contribution in [0.4, 0.5) is 5.69 Å². The predicted octanol–water partition coefficient (Wildman–Crippen LogP) is 2.36. The molecule has 1 aromatic rings. The zero-order chi connectivity index (χ0) is 22.2. The lowest BCUT2D eigenvalue weighted by Gasteiger charge is -2.23. The Morgan fingerprint density at radius 1 is 1.10 bits per heavy atom. The van der Waals surface area contributed by atoms with Crippen molar-refractivity contribution < 1.29 is 28.5 Å². The third-order valence-electron chi connectivity index (χ3n) is 3.96. The fourth-order valence-corrected chi connectivity index (χ4v) is 2.39. The SMILES string of the molecule is C=CC(=O)OCCOC(=O)C(C#N)=Cc1ccc(N(CC)CCOCCOC)cc1. The standard InChI is InChI=1S/C22H28N2O6/c1-4-21(25)29-14-15-30-22(26)19(17-23)16-18-6-8-20(9-7-18)24(5-2)10-11-28-13-12-27-3/h4,6-9,16H,1,5,10-15H2,2-3H3. The van der Waals surface area contributed by atoms with E-state index in [0.717, 1.165) is 24.9 Å². The van der Waals surface area contributed by atoms with Crippen LogP contribution in [0.2, 0.25) is 0 Å². The van der Waals surface area contributed by atoms with E-state index in [2.05, 4.69) is 18.4 Å². The number of methoxy groups -OCH3 is 1. The Balaban J connectivity index is 2.62. The first kappa shape index (κ1) is 24.9. The van der Waals surface area contributed by atoms with Gasteiger partial charge in [-0.3, -0.25) is 0 Å². The highest BCUT2D eigenvalue weighted by atomic mass is 16.6. The van der Waals surface area contributed by atoms with Gasteiger partial charge in [0.15, 0.2) is 0 Å². The minimum absolute atomic E-state index is 0.105. The van der Waals surface area contributed by atoms with E-state index < -0.39 is 11.9 Å². The number of hydrogen-bond donors (Lipinski definition) is 0. The molecule has 0 aliphatic heterocycles. The van der Waals surface area contributed by atoms with Crippen molar-refractivity contribution in [3.05, 3.63) is 48.1 Å². The van der Waals surface area contributed by atoms with Gasteiger partial charge in [-0.05, 0) is 30.7 Å². The van der Waals surface area contributed by atoms with Crippen molar-refractivity contribution in [2.75, 3.05) is 58.1 Å². The van der Waals surface area contributed by atoms with E-state index in [1.165, 1.54) is 6.08 Å². The van der Waals surface area contributed by atoms with Crippen LogP contribution < -0.4 is 4.90 Å². The summed E-state index contributed by atoms with van der Waals surface area (Å²) in [6.07, 6.45) is 2.46. The molecule has 0 aromatic heterocycles. The molecule has 1 rings (SSSR count). The van der Waals surface area contributed by atoms with Gasteiger partial charge in [-0.25, -0.2) is 9.59 Å². The Labute approximate surface area is 177 Å². The smallest absolute Gasteiger partial charge is 0.349 e. The Morgan fingerprint density at radius 3 is 2.40 bits per heavy atom. The number of benzene rings is 1. The molecule has 8 heteroatoms. The molecule has 0 radical (unpaired) electrons. The molecule has 0 fully saturated rings. The molecule has 0 unspecified atom stereocenters. The van der Waals surface area contributed by atoms with Crippen molar-refractivity contribution in [3.8, 4) is 6.07 Å². The molecule has 162 valence electrons. The Hall–Kier alpha value is -3.15. The number of hydrogen-bond acceptors (Lipinski definition) is 8. The number of anilines is 1. The average molecular weight is 416 g/mol. The van der Waals surface area contributed by atoms with Gasteiger partial charge in [0.2, 0.25) is 0 Å². The molecule has 0 aliphatic carbocycles. The molecule has 30 heavy (non-hydrogen) atoms. The minimum Gasteiger partial charge on any atom is -0.459 e. The highest BCUT2D eigenvalue weighted by Crippen LogP contribution is 2.17. The van der Waals surface area contributed by atoms with Crippen LogP contribution in [0.5, 0.6) is 0 Å². The van der Waals surface area contributed by atoms with E-state index in [1.54, 1.807) is 7.11 Å². The summed E-state index contributed by atoms with van der Waals surface area (Å²) in [4.78, 5) is 25.1. The van der Waals surface area contributed by atoms with Crippen LogP contribution in [0.3, 0.4) is 0 Å². The first-order chi connectivity index (χ1) is 14.5. The highest BCUT2D eigenvalue weighted by molar-refractivity contribution is 5.97. The van der Waals surface area contributed by atoms with E-state index in [9.17, 15) is 14.9 Å². The third-order valence-corrected chi connectivity index (χ3v) is 3.96. The zero-order valence-corrected chi connectivity index (χ0v) is 17.5. The monoisotopic (exact) mass is 416 g/mol. The second-order valence-corrected chi connectivity index (χ2v) is 5.95. The fraction of sp³-hybridized carbons (Fsp3) is 0.409. The van der Waals surface area contributed by atoms with E-state index in [0.29, 0.717) is 25.4 Å². The number of ether oxygens (including phenoxy) is 4. The summed E-state index contributed by atoms with van der Waals surface area (Å²) in [5.74, 6) is -1.38. The number of nitrogens with zero attached hydrogens (tertiary/aromatic N) is 2. The maximum absolute atomic E-state index is 12.0. The Bertz CT molecular complexity index is 752. The lowest BCUT2D eigenvalue weighted by atomic mass is 10.1. The van der Waals surface area contributed by atoms with E-state index in [1.807, 2.05) is 30.3 Å². The van der Waals surface area contributed by atoms with Gasteiger partial charge in [0, 0.05) is 32.0 Å². The quantitative estimate of drug-likeness (QED) is 0.197. The van der Waals surface area contributed by atoms with Crippen molar-refractivity contribution >= 4 is 23.7 Å². The largest absolute Gasteiger partial charge is 0.459 e. The van der Waals surface area contributed by atoms with Crippen LogP contribution in [0.25, 0.3) is 6.08 Å². The lowest BCUT2D eigenvalue weighted by Crippen LogP contribution is -2.27. The fourth-order valence-electron chi connectivity index (χ4n) is 2.39. The predicted molar refractivity (Wildman–Crippen MR) is 113 cm³/mol. The van der Waals surface area contributed by atoms with Crippen LogP contribution in [0.15, 0.2) is 42.5 Å². The molecular weight excluding hydrogens is 388 g/mol. The van der Waals surface area contributed by atoms with Gasteiger partial charge in [0.1, 0.15) is 24.9 Å². The Kier molecular flexibility index (Phi) is 12.3. The van der Waals surface area contributed by atoms with Crippen LogP contribution >= 0.6 is 0 Å². The normalized spacial score (nSPS) is 10.8. The Morgan fingerprint density at radius 2 is 1.80 bits per heavy atom. The van der Waals surface area contributed by atoms with E-state index in [-0.39, 0.29) is 18.8 Å². The summed E-state index contributed by atoms with van der Waals surface area (Å²) < 4.78 is 20.1. The molecule has 0 bridgehead atoms. The summed E-state index contributed by atoms with van der Waals surface area (Å²) in [5, 5.41) is 9.23. The molecule has 0 heterocycles. The van der Waals surface area contributed by atoms with Crippen LogP contribution in [0.1, 0.15) is 12.5 Å². The second-order valence-electron chi connectivity index (χ2n) is 5.95. The molecule has 0 spiro atoms. The first-order valence-corrected chi connectivity index (χ1v) is 9.55. The molecule has 8 nitrogen and oxygen atoms in total. The topological polar surface area (TPSA) is 98.1 Å². The van der Waals surface area contributed by atoms with Crippen molar-refractivity contribution in [1.82, 2.24) is 0 Å². The second kappa shape index (κ2) is 14.8. The van der Waals surface area contributed by atoms with Gasteiger partial charge in [-0.15, -0.1) is 0 Å². The summed E-state index contributed by atoms with van der Waals surface area (Å²) in [7, 11) is 1.63. The number of carbonyl (C=O) groups is 2. The number of esters is 2. The molecule has 0 saturated heterocycles. The summed E-state index contributed by atoms with van der Waals surface area (Å²) in [6.45, 7) is 8.33. The zero-order valence-electron chi connectivity index (χ0n) is 17.5. The van der Waals surface area contributed by atoms with Crippen molar-refractivity contribution in [2.45, 2.75) is 6.92 Å². The van der Waals surface area contributed by atoms with Gasteiger partial charge in [-0.1, -0.05) is 18.7 Å². The maximum atomic E-state index is 12.0. The molecule has 0 N–H and O–H groups in total. The summed E-state index contributed by atoms with van der Waals surface area (Å²) in [6, 6.07) is 9.30. The molecule has 0 saturated carbocycles. The van der Waals surface area contributed by atoms with Gasteiger partial charge in [0.05, 0.1) is 19.8 Å². The minimum atomic E-state index is -0.778. The number of carbonyl (C=O) groups excluding carboxylic acids is 2. The van der Waals surface area contributed by atoms with Gasteiger partial charge in [0.25, 0.3) is 0 Å². The lowest BCUT2D eigenvalue weighted by molar-refractivity contribution is -0.146. The molecular formula is C22H28N2O6. The average Bonchev–Trinajstić information content (AvgIpc) is 2.77. The van der Waals surface area contributed by atoms with Crippen LogP contribution in [-0.4, -0.2) is 65.2 Å².